The van der Waals surface area contributed by atoms with Crippen LogP contribution < -0.4 is 5.56 Å². The number of ether oxygens (including phenoxy) is 1. The van der Waals surface area contributed by atoms with Gasteiger partial charge in [0.2, 0.25) is 0 Å². The molecule has 24 heavy (non-hydrogen) atoms. The number of nitrogens with zero attached hydrogens (tertiary/aromatic N) is 4. The topological polar surface area (TPSA) is 82.2 Å². The molecule has 0 aliphatic rings. The van der Waals surface area contributed by atoms with Gasteiger partial charge in [-0.05, 0) is 11.6 Å². The minimum Gasteiger partial charge on any atom is -0.389 e. The predicted octanol–water partition coefficient (Wildman–Crippen LogP) is 1.36. The summed E-state index contributed by atoms with van der Waals surface area (Å²) in [7, 11) is 1.72. The Morgan fingerprint density at radius 3 is 2.96 bits per heavy atom. The Kier molecular flexibility index (Phi) is 4.94. The molecule has 0 spiro atoms. The van der Waals surface area contributed by atoms with Crippen LogP contribution in [-0.2, 0) is 24.9 Å². The molecule has 0 fully saturated rings. The van der Waals surface area contributed by atoms with Gasteiger partial charge in [-0.2, -0.15) is 5.10 Å². The SMILES string of the molecule is Cn1ncc2c(=O)n(CC(O)COCc3ccccc3Cl)cnc21. The predicted molar refractivity (Wildman–Crippen MR) is 89.9 cm³/mol. The van der Waals surface area contributed by atoms with Crippen molar-refractivity contribution in [2.24, 2.45) is 7.05 Å². The van der Waals surface area contributed by atoms with Crippen LogP contribution in [0.25, 0.3) is 11.0 Å². The maximum absolute atomic E-state index is 12.3. The number of fused-ring (bicyclic) bond motifs is 1. The summed E-state index contributed by atoms with van der Waals surface area (Å²) in [6, 6.07) is 7.36. The molecule has 2 heterocycles. The third-order valence-electron chi connectivity index (χ3n) is 3.65. The molecule has 7 nitrogen and oxygen atoms in total. The maximum Gasteiger partial charge on any atom is 0.264 e. The van der Waals surface area contributed by atoms with Gasteiger partial charge >= 0.3 is 0 Å². The molecule has 3 aromatic rings. The standard InChI is InChI=1S/C16H17ClN4O3/c1-20-15-13(6-19-20)16(23)21(10-18-15)7-12(22)9-24-8-11-4-2-3-5-14(11)17/h2-6,10,12,22H,7-9H2,1H3. The maximum atomic E-state index is 12.3. The summed E-state index contributed by atoms with van der Waals surface area (Å²) in [6.45, 7) is 0.480. The highest BCUT2D eigenvalue weighted by molar-refractivity contribution is 6.31. The lowest BCUT2D eigenvalue weighted by Crippen LogP contribution is -2.29. The van der Waals surface area contributed by atoms with E-state index in [0.717, 1.165) is 5.56 Å². The lowest BCUT2D eigenvalue weighted by Gasteiger charge is -2.13. The van der Waals surface area contributed by atoms with E-state index in [1.165, 1.54) is 21.8 Å². The first-order valence-electron chi connectivity index (χ1n) is 7.42. The van der Waals surface area contributed by atoms with Crippen LogP contribution in [0.15, 0.2) is 41.6 Å². The van der Waals surface area contributed by atoms with E-state index in [0.29, 0.717) is 22.7 Å². The van der Waals surface area contributed by atoms with Crippen molar-refractivity contribution in [1.29, 1.82) is 0 Å². The molecule has 1 atom stereocenters. The van der Waals surface area contributed by atoms with Crippen molar-refractivity contribution in [3.05, 3.63) is 57.7 Å². The molecule has 0 aliphatic heterocycles. The number of aryl methyl sites for hydroxylation is 1. The number of aromatic nitrogens is 4. The van der Waals surface area contributed by atoms with Crippen LogP contribution in [0.4, 0.5) is 0 Å². The second-order valence-corrected chi connectivity index (χ2v) is 5.88. The summed E-state index contributed by atoms with van der Waals surface area (Å²) in [6.07, 6.45) is 2.05. The lowest BCUT2D eigenvalue weighted by atomic mass is 10.2. The number of aliphatic hydroxyl groups is 1. The van der Waals surface area contributed by atoms with Crippen LogP contribution in [0.5, 0.6) is 0 Å². The van der Waals surface area contributed by atoms with Crippen molar-refractivity contribution in [3.63, 3.8) is 0 Å². The first-order valence-corrected chi connectivity index (χ1v) is 7.80. The second-order valence-electron chi connectivity index (χ2n) is 5.47. The number of rotatable bonds is 6. The molecular formula is C16H17ClN4O3. The first kappa shape index (κ1) is 16.6. The van der Waals surface area contributed by atoms with Gasteiger partial charge in [-0.3, -0.25) is 14.0 Å². The molecule has 0 radical (unpaired) electrons. The molecule has 1 N–H and O–H groups in total. The molecule has 1 unspecified atom stereocenters. The van der Waals surface area contributed by atoms with Crippen molar-refractivity contribution < 1.29 is 9.84 Å². The van der Waals surface area contributed by atoms with E-state index >= 15 is 0 Å². The van der Waals surface area contributed by atoms with Crippen LogP contribution in [0.1, 0.15) is 5.56 Å². The average Bonchev–Trinajstić information content (AvgIpc) is 2.94. The Balaban J connectivity index is 1.61. The third kappa shape index (κ3) is 3.48. The second kappa shape index (κ2) is 7.12. The van der Waals surface area contributed by atoms with Gasteiger partial charge in [0.25, 0.3) is 5.56 Å². The molecule has 0 saturated heterocycles. The number of hydrogen-bond donors (Lipinski definition) is 1. The van der Waals surface area contributed by atoms with Crippen LogP contribution in [0.3, 0.4) is 0 Å². The Hall–Kier alpha value is -2.22. The Labute approximate surface area is 143 Å². The van der Waals surface area contributed by atoms with Crippen LogP contribution in [-0.4, -0.2) is 37.1 Å². The van der Waals surface area contributed by atoms with Gasteiger partial charge in [0, 0.05) is 12.1 Å². The van der Waals surface area contributed by atoms with Crippen molar-refractivity contribution in [2.45, 2.75) is 19.3 Å². The number of hydrogen-bond acceptors (Lipinski definition) is 5. The fourth-order valence-electron chi connectivity index (χ4n) is 2.40. The van der Waals surface area contributed by atoms with E-state index in [1.54, 1.807) is 13.1 Å². The van der Waals surface area contributed by atoms with Crippen LogP contribution >= 0.6 is 11.6 Å². The highest BCUT2D eigenvalue weighted by Gasteiger charge is 2.12. The number of aliphatic hydroxyl groups excluding tert-OH is 1. The summed E-state index contributed by atoms with van der Waals surface area (Å²) in [5.41, 5.74) is 1.13. The molecule has 1 aromatic carbocycles. The summed E-state index contributed by atoms with van der Waals surface area (Å²) in [5.74, 6) is 0. The van der Waals surface area contributed by atoms with Gasteiger partial charge in [0.1, 0.15) is 11.7 Å². The van der Waals surface area contributed by atoms with Gasteiger partial charge < -0.3 is 9.84 Å². The van der Waals surface area contributed by atoms with E-state index in [1.807, 2.05) is 18.2 Å². The molecule has 0 bridgehead atoms. The summed E-state index contributed by atoms with van der Waals surface area (Å²) >= 11 is 6.04. The summed E-state index contributed by atoms with van der Waals surface area (Å²) in [4.78, 5) is 16.5. The van der Waals surface area contributed by atoms with E-state index in [4.69, 9.17) is 16.3 Å². The third-order valence-corrected chi connectivity index (χ3v) is 4.02. The largest absolute Gasteiger partial charge is 0.389 e. The van der Waals surface area contributed by atoms with Crippen molar-refractivity contribution >= 4 is 22.6 Å². The Morgan fingerprint density at radius 1 is 1.38 bits per heavy atom. The Morgan fingerprint density at radius 2 is 2.17 bits per heavy atom. The van der Waals surface area contributed by atoms with Gasteiger partial charge in [-0.1, -0.05) is 29.8 Å². The zero-order valence-electron chi connectivity index (χ0n) is 13.1. The molecule has 8 heteroatoms. The zero-order chi connectivity index (χ0) is 17.1. The number of benzene rings is 1. The lowest BCUT2D eigenvalue weighted by molar-refractivity contribution is 0.0198. The van der Waals surface area contributed by atoms with E-state index < -0.39 is 6.10 Å². The van der Waals surface area contributed by atoms with Crippen LogP contribution in [0.2, 0.25) is 5.02 Å². The van der Waals surface area contributed by atoms with E-state index in [9.17, 15) is 9.90 Å². The number of halogens is 1. The van der Waals surface area contributed by atoms with Gasteiger partial charge in [-0.25, -0.2) is 4.98 Å². The normalized spacial score (nSPS) is 12.6. The van der Waals surface area contributed by atoms with Crippen LogP contribution in [0, 0.1) is 0 Å². The molecule has 3 rings (SSSR count). The van der Waals surface area contributed by atoms with E-state index in [2.05, 4.69) is 10.1 Å². The first-order chi connectivity index (χ1) is 11.6. The van der Waals surface area contributed by atoms with Gasteiger partial charge in [-0.15, -0.1) is 0 Å². The average molecular weight is 349 g/mol. The van der Waals surface area contributed by atoms with Crippen molar-refractivity contribution in [2.75, 3.05) is 6.61 Å². The fourth-order valence-corrected chi connectivity index (χ4v) is 2.59. The van der Waals surface area contributed by atoms with Crippen molar-refractivity contribution in [1.82, 2.24) is 19.3 Å². The molecule has 126 valence electrons. The highest BCUT2D eigenvalue weighted by atomic mass is 35.5. The quantitative estimate of drug-likeness (QED) is 0.727. The zero-order valence-corrected chi connectivity index (χ0v) is 13.8. The highest BCUT2D eigenvalue weighted by Crippen LogP contribution is 2.15. The summed E-state index contributed by atoms with van der Waals surface area (Å²) < 4.78 is 8.37. The molecule has 0 aliphatic carbocycles. The van der Waals surface area contributed by atoms with Crippen molar-refractivity contribution in [3.8, 4) is 0 Å². The van der Waals surface area contributed by atoms with E-state index in [-0.39, 0.29) is 18.7 Å². The van der Waals surface area contributed by atoms with Gasteiger partial charge in [0.15, 0.2) is 5.65 Å². The molecule has 2 aromatic heterocycles. The Bertz CT molecular complexity index is 906. The molecular weight excluding hydrogens is 332 g/mol. The monoisotopic (exact) mass is 348 g/mol. The fraction of sp³-hybridized carbons (Fsp3) is 0.312. The summed E-state index contributed by atoms with van der Waals surface area (Å²) in [5, 5.41) is 15.1. The molecule has 0 amide bonds. The van der Waals surface area contributed by atoms with Gasteiger partial charge in [0.05, 0.1) is 32.1 Å². The molecule has 0 saturated carbocycles. The minimum absolute atomic E-state index is 0.0861. The smallest absolute Gasteiger partial charge is 0.264 e. The minimum atomic E-state index is -0.832.